The number of H-pyrrole nitrogens is 1. The summed E-state index contributed by atoms with van der Waals surface area (Å²) < 4.78 is 6.47. The number of likely N-dealkylation sites (N-methyl/N-ethyl adjacent to an activating group) is 2. The van der Waals surface area contributed by atoms with Crippen LogP contribution in [-0.4, -0.2) is 78.9 Å². The van der Waals surface area contributed by atoms with Crippen molar-refractivity contribution in [2.24, 2.45) is 11.3 Å². The number of amides is 1. The molecule has 176 valence electrons. The second kappa shape index (κ2) is 10.0. The van der Waals surface area contributed by atoms with E-state index in [1.54, 1.807) is 0 Å². The third-order valence-corrected chi connectivity index (χ3v) is 7.16. The number of carbonyl (C=O) groups excluding carboxylic acids is 1. The van der Waals surface area contributed by atoms with Crippen LogP contribution < -0.4 is 5.32 Å². The number of hydrogen-bond acceptors (Lipinski definition) is 5. The number of rotatable bonds is 9. The van der Waals surface area contributed by atoms with Gasteiger partial charge in [0.05, 0.1) is 23.8 Å². The summed E-state index contributed by atoms with van der Waals surface area (Å²) in [4.78, 5) is 17.8. The molecule has 1 saturated carbocycles. The first-order valence-corrected chi connectivity index (χ1v) is 12.0. The summed E-state index contributed by atoms with van der Waals surface area (Å²) in [7, 11) is 6.07. The van der Waals surface area contributed by atoms with Crippen LogP contribution in [0.25, 0.3) is 0 Å². The minimum absolute atomic E-state index is 0.101. The van der Waals surface area contributed by atoms with Crippen molar-refractivity contribution < 1.29 is 9.53 Å². The van der Waals surface area contributed by atoms with E-state index in [0.717, 1.165) is 70.6 Å². The lowest BCUT2D eigenvalue weighted by atomic mass is 9.65. The molecule has 1 unspecified atom stereocenters. The van der Waals surface area contributed by atoms with Crippen LogP contribution in [0.4, 0.5) is 0 Å². The Morgan fingerprint density at radius 2 is 2.13 bits per heavy atom. The van der Waals surface area contributed by atoms with Gasteiger partial charge in [-0.25, -0.2) is 0 Å². The predicted molar refractivity (Wildman–Crippen MR) is 124 cm³/mol. The van der Waals surface area contributed by atoms with Gasteiger partial charge in [0.25, 0.3) is 0 Å². The van der Waals surface area contributed by atoms with Crippen molar-refractivity contribution in [3.8, 4) is 0 Å². The van der Waals surface area contributed by atoms with Crippen molar-refractivity contribution in [3.05, 3.63) is 17.5 Å². The maximum Gasteiger partial charge on any atom is 0.228 e. The number of ether oxygens (including phenoxy) is 1. The number of aromatic amines is 1. The predicted octanol–water partition coefficient (Wildman–Crippen LogP) is 3.00. The highest BCUT2D eigenvalue weighted by atomic mass is 16.5. The summed E-state index contributed by atoms with van der Waals surface area (Å²) in [5, 5.41) is 11.0. The molecular weight excluding hydrogens is 390 g/mol. The molecule has 3 atom stereocenters. The van der Waals surface area contributed by atoms with Crippen LogP contribution >= 0.6 is 0 Å². The molecule has 1 aliphatic heterocycles. The smallest absolute Gasteiger partial charge is 0.228 e. The molecule has 0 bridgehead atoms. The van der Waals surface area contributed by atoms with Gasteiger partial charge in [0.2, 0.25) is 5.91 Å². The number of nitrogens with zero attached hydrogens (tertiary/aromatic N) is 3. The Balaban J connectivity index is 1.80. The van der Waals surface area contributed by atoms with Crippen molar-refractivity contribution >= 4 is 5.91 Å². The van der Waals surface area contributed by atoms with E-state index in [2.05, 4.69) is 48.2 Å². The lowest BCUT2D eigenvalue weighted by molar-refractivity contribution is -0.151. The third kappa shape index (κ3) is 5.49. The van der Waals surface area contributed by atoms with Gasteiger partial charge in [-0.3, -0.25) is 9.89 Å². The molecule has 7 heteroatoms. The van der Waals surface area contributed by atoms with Crippen molar-refractivity contribution in [2.75, 3.05) is 47.4 Å². The van der Waals surface area contributed by atoms with Gasteiger partial charge in [0.15, 0.2) is 0 Å². The highest BCUT2D eigenvalue weighted by Gasteiger charge is 2.55. The molecule has 1 spiro atoms. The van der Waals surface area contributed by atoms with Crippen LogP contribution in [0.5, 0.6) is 0 Å². The molecule has 2 heterocycles. The third-order valence-electron chi connectivity index (χ3n) is 7.16. The van der Waals surface area contributed by atoms with Crippen LogP contribution in [0.3, 0.4) is 0 Å². The first-order chi connectivity index (χ1) is 14.7. The fourth-order valence-electron chi connectivity index (χ4n) is 5.61. The fourth-order valence-corrected chi connectivity index (χ4v) is 5.61. The molecule has 1 aliphatic carbocycles. The summed E-state index contributed by atoms with van der Waals surface area (Å²) in [6.07, 6.45) is 6.74. The van der Waals surface area contributed by atoms with E-state index in [-0.39, 0.29) is 22.8 Å². The van der Waals surface area contributed by atoms with Crippen molar-refractivity contribution in [1.29, 1.82) is 0 Å². The van der Waals surface area contributed by atoms with Crippen LogP contribution in [0, 0.1) is 11.3 Å². The molecule has 0 aromatic carbocycles. The van der Waals surface area contributed by atoms with Crippen LogP contribution in [0.2, 0.25) is 0 Å². The Morgan fingerprint density at radius 1 is 1.35 bits per heavy atom. The van der Waals surface area contributed by atoms with Crippen LogP contribution in [0.1, 0.15) is 70.1 Å². The Labute approximate surface area is 188 Å². The van der Waals surface area contributed by atoms with Gasteiger partial charge >= 0.3 is 0 Å². The summed E-state index contributed by atoms with van der Waals surface area (Å²) in [5.74, 6) is 0.435. The number of hydrogen-bond donors (Lipinski definition) is 2. The number of carbonyl (C=O) groups is 1. The van der Waals surface area contributed by atoms with Gasteiger partial charge in [-0.1, -0.05) is 20.8 Å². The van der Waals surface area contributed by atoms with Crippen molar-refractivity contribution in [3.63, 3.8) is 0 Å². The van der Waals surface area contributed by atoms with E-state index in [1.807, 2.05) is 25.2 Å². The largest absolute Gasteiger partial charge is 0.374 e. The molecule has 3 rings (SSSR count). The maximum absolute atomic E-state index is 13.6. The maximum atomic E-state index is 13.6. The summed E-state index contributed by atoms with van der Waals surface area (Å²) in [6.45, 7) is 11.0. The lowest BCUT2D eigenvalue weighted by Crippen LogP contribution is -2.50. The zero-order chi connectivity index (χ0) is 22.6. The highest BCUT2D eigenvalue weighted by Crippen LogP contribution is 2.53. The van der Waals surface area contributed by atoms with Crippen LogP contribution in [0.15, 0.2) is 6.20 Å². The Bertz CT molecular complexity index is 733. The van der Waals surface area contributed by atoms with E-state index in [9.17, 15) is 4.79 Å². The monoisotopic (exact) mass is 433 g/mol. The van der Waals surface area contributed by atoms with E-state index in [0.29, 0.717) is 5.92 Å². The minimum Gasteiger partial charge on any atom is -0.374 e. The quantitative estimate of drug-likeness (QED) is 0.626. The van der Waals surface area contributed by atoms with E-state index in [4.69, 9.17) is 4.74 Å². The molecule has 2 fully saturated rings. The molecule has 2 N–H and O–H groups in total. The van der Waals surface area contributed by atoms with E-state index in [1.165, 1.54) is 5.56 Å². The second-order valence-electron chi connectivity index (χ2n) is 10.6. The van der Waals surface area contributed by atoms with Crippen molar-refractivity contribution in [1.82, 2.24) is 25.3 Å². The van der Waals surface area contributed by atoms with Gasteiger partial charge in [-0.15, -0.1) is 0 Å². The molecule has 7 nitrogen and oxygen atoms in total. The van der Waals surface area contributed by atoms with Gasteiger partial charge < -0.3 is 19.9 Å². The Kier molecular flexibility index (Phi) is 7.81. The zero-order valence-electron chi connectivity index (χ0n) is 20.5. The number of aromatic nitrogens is 2. The highest BCUT2D eigenvalue weighted by molar-refractivity contribution is 5.80. The fraction of sp³-hybridized carbons (Fsp3) is 0.833. The summed E-state index contributed by atoms with van der Waals surface area (Å²) >= 11 is 0. The second-order valence-corrected chi connectivity index (χ2v) is 10.6. The Morgan fingerprint density at radius 3 is 2.77 bits per heavy atom. The van der Waals surface area contributed by atoms with Gasteiger partial charge in [0.1, 0.15) is 0 Å². The molecule has 1 amide bonds. The number of nitrogens with one attached hydrogen (secondary N) is 2. The lowest BCUT2D eigenvalue weighted by Gasteiger charge is -2.44. The average molecular weight is 434 g/mol. The Hall–Kier alpha value is -1.44. The van der Waals surface area contributed by atoms with Gasteiger partial charge in [-0.05, 0) is 51.6 Å². The SMILES string of the molecule is CCCN(C)C(=O)C1C[C@H](c2n[nH]cc2CN(C)CCNC)CC[C@@]12CC(C)(C)CO2. The summed E-state index contributed by atoms with van der Waals surface area (Å²) in [5.41, 5.74) is 2.20. The molecular formula is C24H43N5O2. The van der Waals surface area contributed by atoms with E-state index >= 15 is 0 Å². The minimum atomic E-state index is -0.320. The topological polar surface area (TPSA) is 73.5 Å². The summed E-state index contributed by atoms with van der Waals surface area (Å²) in [6, 6.07) is 0. The first kappa shape index (κ1) is 24.2. The van der Waals surface area contributed by atoms with Gasteiger partial charge in [-0.2, -0.15) is 5.10 Å². The normalized spacial score (nSPS) is 27.8. The van der Waals surface area contributed by atoms with E-state index < -0.39 is 0 Å². The molecule has 31 heavy (non-hydrogen) atoms. The van der Waals surface area contributed by atoms with Crippen LogP contribution in [-0.2, 0) is 16.1 Å². The van der Waals surface area contributed by atoms with Gasteiger partial charge in [0, 0.05) is 50.9 Å². The zero-order valence-corrected chi connectivity index (χ0v) is 20.5. The standard InChI is InChI=1S/C24H43N5O2/c1-7-11-29(6)22(30)20-13-18(8-9-24(20)16-23(2,3)17-31-24)21-19(14-26-27-21)15-28(5)12-10-25-4/h14,18,20,25H,7-13,15-17H2,1-6H3,(H,26,27)/t18-,20?,24-/m1/s1. The molecule has 0 radical (unpaired) electrons. The molecule has 1 aromatic rings. The molecule has 1 saturated heterocycles. The molecule has 2 aliphatic rings. The average Bonchev–Trinajstić information content (AvgIpc) is 3.30. The van der Waals surface area contributed by atoms with Crippen molar-refractivity contribution in [2.45, 2.75) is 70.9 Å². The first-order valence-electron chi connectivity index (χ1n) is 12.0. The molecule has 1 aromatic heterocycles.